The van der Waals surface area contributed by atoms with E-state index in [9.17, 15) is 4.79 Å². The Hall–Kier alpha value is -1.81. The van der Waals surface area contributed by atoms with Gasteiger partial charge in [-0.15, -0.1) is 0 Å². The zero-order chi connectivity index (χ0) is 14.7. The maximum absolute atomic E-state index is 10.7. The number of morpholine rings is 1. The summed E-state index contributed by atoms with van der Waals surface area (Å²) in [4.78, 5) is 13.0. The fourth-order valence-electron chi connectivity index (χ4n) is 2.47. The van der Waals surface area contributed by atoms with Crippen LogP contribution in [0.4, 0.5) is 5.69 Å². The lowest BCUT2D eigenvalue weighted by Crippen LogP contribution is -2.47. The number of anilines is 1. The predicted octanol–water partition coefficient (Wildman–Crippen LogP) is 2.71. The molecular formula is C16H21NO3. The number of hydrogen-bond donors (Lipinski definition) is 1. The molecule has 1 aromatic carbocycles. The largest absolute Gasteiger partial charge is 0.478 e. The first-order valence-electron chi connectivity index (χ1n) is 6.87. The summed E-state index contributed by atoms with van der Waals surface area (Å²) >= 11 is 0. The van der Waals surface area contributed by atoms with Crippen molar-refractivity contribution in [1.29, 1.82) is 0 Å². The fourth-order valence-corrected chi connectivity index (χ4v) is 2.47. The van der Waals surface area contributed by atoms with Gasteiger partial charge in [0.25, 0.3) is 0 Å². The van der Waals surface area contributed by atoms with Crippen molar-refractivity contribution >= 4 is 17.7 Å². The number of rotatable bonds is 3. The molecule has 2 rings (SSSR count). The molecular weight excluding hydrogens is 254 g/mol. The van der Waals surface area contributed by atoms with Gasteiger partial charge in [0.1, 0.15) is 0 Å². The Morgan fingerprint density at radius 2 is 2.20 bits per heavy atom. The van der Waals surface area contributed by atoms with Crippen LogP contribution in [0.5, 0.6) is 0 Å². The molecule has 20 heavy (non-hydrogen) atoms. The van der Waals surface area contributed by atoms with Crippen molar-refractivity contribution in [2.75, 3.05) is 18.1 Å². The van der Waals surface area contributed by atoms with Crippen molar-refractivity contribution in [1.82, 2.24) is 0 Å². The zero-order valence-electron chi connectivity index (χ0n) is 12.2. The van der Waals surface area contributed by atoms with Gasteiger partial charge in [-0.3, -0.25) is 0 Å². The van der Waals surface area contributed by atoms with Crippen molar-refractivity contribution < 1.29 is 14.6 Å². The van der Waals surface area contributed by atoms with Gasteiger partial charge in [-0.1, -0.05) is 11.6 Å². The second-order valence-electron chi connectivity index (χ2n) is 5.38. The van der Waals surface area contributed by atoms with E-state index in [1.165, 1.54) is 6.08 Å². The average Bonchev–Trinajstić information content (AvgIpc) is 2.39. The second-order valence-corrected chi connectivity index (χ2v) is 5.38. The summed E-state index contributed by atoms with van der Waals surface area (Å²) in [7, 11) is 0. The lowest BCUT2D eigenvalue weighted by Gasteiger charge is -2.39. The number of carboxylic acid groups (broad SMARTS) is 1. The SMILES string of the molecule is Cc1ccc(N2CC(C)OCC2C)c(/C=C/C(=O)O)c1. The van der Waals surface area contributed by atoms with Crippen LogP contribution < -0.4 is 4.90 Å². The number of aryl methyl sites for hydroxylation is 1. The van der Waals surface area contributed by atoms with Gasteiger partial charge in [0.2, 0.25) is 0 Å². The molecule has 4 heteroatoms. The van der Waals surface area contributed by atoms with E-state index in [4.69, 9.17) is 9.84 Å². The summed E-state index contributed by atoms with van der Waals surface area (Å²) in [6, 6.07) is 6.42. The zero-order valence-corrected chi connectivity index (χ0v) is 12.2. The summed E-state index contributed by atoms with van der Waals surface area (Å²) in [6.07, 6.45) is 3.04. The van der Waals surface area contributed by atoms with E-state index in [0.29, 0.717) is 6.61 Å². The van der Waals surface area contributed by atoms with E-state index in [1.54, 1.807) is 6.08 Å². The summed E-state index contributed by atoms with van der Waals surface area (Å²) in [5, 5.41) is 8.82. The number of carbonyl (C=O) groups is 1. The number of carboxylic acids is 1. The molecule has 0 saturated carbocycles. The quantitative estimate of drug-likeness (QED) is 0.862. The highest BCUT2D eigenvalue weighted by molar-refractivity contribution is 5.87. The van der Waals surface area contributed by atoms with Crippen LogP contribution in [0.3, 0.4) is 0 Å². The molecule has 2 atom stereocenters. The molecule has 1 heterocycles. The average molecular weight is 275 g/mol. The Kier molecular flexibility index (Phi) is 4.45. The lowest BCUT2D eigenvalue weighted by atomic mass is 10.0. The van der Waals surface area contributed by atoms with Crippen molar-refractivity contribution in [2.24, 2.45) is 0 Å². The van der Waals surface area contributed by atoms with Gasteiger partial charge in [0, 0.05) is 24.4 Å². The van der Waals surface area contributed by atoms with E-state index < -0.39 is 5.97 Å². The van der Waals surface area contributed by atoms with Crippen LogP contribution in [-0.4, -0.2) is 36.4 Å². The first-order chi connectivity index (χ1) is 9.47. The number of ether oxygens (including phenoxy) is 1. The predicted molar refractivity (Wildman–Crippen MR) is 80.1 cm³/mol. The Labute approximate surface area is 119 Å². The van der Waals surface area contributed by atoms with Crippen LogP contribution in [0, 0.1) is 6.92 Å². The highest BCUT2D eigenvalue weighted by atomic mass is 16.5. The number of hydrogen-bond acceptors (Lipinski definition) is 3. The highest BCUT2D eigenvalue weighted by Gasteiger charge is 2.24. The topological polar surface area (TPSA) is 49.8 Å². The lowest BCUT2D eigenvalue weighted by molar-refractivity contribution is -0.131. The summed E-state index contributed by atoms with van der Waals surface area (Å²) in [5.41, 5.74) is 3.12. The van der Waals surface area contributed by atoms with Crippen LogP contribution >= 0.6 is 0 Å². The minimum absolute atomic E-state index is 0.184. The Morgan fingerprint density at radius 1 is 1.45 bits per heavy atom. The van der Waals surface area contributed by atoms with Crippen LogP contribution in [0.1, 0.15) is 25.0 Å². The Morgan fingerprint density at radius 3 is 2.90 bits per heavy atom. The van der Waals surface area contributed by atoms with Gasteiger partial charge in [-0.05, 0) is 44.5 Å². The fraction of sp³-hybridized carbons (Fsp3) is 0.438. The monoisotopic (exact) mass is 275 g/mol. The Balaban J connectivity index is 2.36. The second kappa shape index (κ2) is 6.09. The van der Waals surface area contributed by atoms with Gasteiger partial charge in [0.05, 0.1) is 12.7 Å². The normalized spacial score (nSPS) is 23.2. The van der Waals surface area contributed by atoms with Gasteiger partial charge in [0.15, 0.2) is 0 Å². The maximum Gasteiger partial charge on any atom is 0.328 e. The minimum Gasteiger partial charge on any atom is -0.478 e. The van der Waals surface area contributed by atoms with Crippen molar-refractivity contribution in [2.45, 2.75) is 32.9 Å². The number of aliphatic carboxylic acids is 1. The third-order valence-corrected chi connectivity index (χ3v) is 3.51. The molecule has 0 bridgehead atoms. The van der Waals surface area contributed by atoms with E-state index in [1.807, 2.05) is 13.0 Å². The van der Waals surface area contributed by atoms with Crippen LogP contribution in [-0.2, 0) is 9.53 Å². The van der Waals surface area contributed by atoms with Crippen molar-refractivity contribution in [3.8, 4) is 0 Å². The first kappa shape index (κ1) is 14.6. The molecule has 0 amide bonds. The van der Waals surface area contributed by atoms with Crippen LogP contribution in [0.2, 0.25) is 0 Å². The highest BCUT2D eigenvalue weighted by Crippen LogP contribution is 2.27. The van der Waals surface area contributed by atoms with Gasteiger partial charge >= 0.3 is 5.97 Å². The summed E-state index contributed by atoms with van der Waals surface area (Å²) in [5.74, 6) is -0.930. The van der Waals surface area contributed by atoms with Crippen LogP contribution in [0.25, 0.3) is 6.08 Å². The van der Waals surface area contributed by atoms with E-state index in [2.05, 4.69) is 30.9 Å². The van der Waals surface area contributed by atoms with Gasteiger partial charge in [-0.25, -0.2) is 4.79 Å². The molecule has 1 aliphatic rings. The number of nitrogens with zero attached hydrogens (tertiary/aromatic N) is 1. The first-order valence-corrected chi connectivity index (χ1v) is 6.87. The molecule has 1 N–H and O–H groups in total. The summed E-state index contributed by atoms with van der Waals surface area (Å²) in [6.45, 7) is 7.69. The van der Waals surface area contributed by atoms with Crippen molar-refractivity contribution in [3.63, 3.8) is 0 Å². The maximum atomic E-state index is 10.7. The molecule has 1 fully saturated rings. The molecule has 0 spiro atoms. The molecule has 1 aromatic rings. The molecule has 2 unspecified atom stereocenters. The van der Waals surface area contributed by atoms with E-state index >= 15 is 0 Å². The Bertz CT molecular complexity index is 524. The molecule has 0 aliphatic carbocycles. The minimum atomic E-state index is -0.930. The number of benzene rings is 1. The smallest absolute Gasteiger partial charge is 0.328 e. The summed E-state index contributed by atoms with van der Waals surface area (Å²) < 4.78 is 5.65. The van der Waals surface area contributed by atoms with Gasteiger partial charge in [-0.2, -0.15) is 0 Å². The standard InChI is InChI=1S/C16H21NO3/c1-11-4-6-15(14(8-11)5-7-16(18)19)17-9-13(3)20-10-12(17)2/h4-8,12-13H,9-10H2,1-3H3,(H,18,19)/b7-5+. The third kappa shape index (κ3) is 3.39. The molecule has 0 radical (unpaired) electrons. The third-order valence-electron chi connectivity index (χ3n) is 3.51. The molecule has 108 valence electrons. The molecule has 1 saturated heterocycles. The van der Waals surface area contributed by atoms with Crippen molar-refractivity contribution in [3.05, 3.63) is 35.4 Å². The molecule has 1 aliphatic heterocycles. The van der Waals surface area contributed by atoms with Crippen LogP contribution in [0.15, 0.2) is 24.3 Å². The molecule has 4 nitrogen and oxygen atoms in total. The van der Waals surface area contributed by atoms with E-state index in [-0.39, 0.29) is 12.1 Å². The molecule has 0 aromatic heterocycles. The van der Waals surface area contributed by atoms with Gasteiger partial charge < -0.3 is 14.7 Å². The van der Waals surface area contributed by atoms with E-state index in [0.717, 1.165) is 23.4 Å².